The molecule has 0 radical (unpaired) electrons. The summed E-state index contributed by atoms with van der Waals surface area (Å²) >= 11 is 9.10. The number of pyridine rings is 1. The Bertz CT molecular complexity index is 1070. The molecular weight excluding hydrogens is 460 g/mol. The molecular formula is C21H14BrClN2O4. The molecule has 0 aliphatic carbocycles. The van der Waals surface area contributed by atoms with Crippen LogP contribution in [0.5, 0.6) is 11.5 Å². The molecule has 1 amide bonds. The molecule has 0 saturated heterocycles. The second-order valence-corrected chi connectivity index (χ2v) is 7.03. The number of carboxylic acid groups (broad SMARTS) is 1. The number of nitrogens with zero attached hydrogens (tertiary/aromatic N) is 1. The van der Waals surface area contributed by atoms with E-state index in [2.05, 4.69) is 26.2 Å². The molecule has 2 N–H and O–H groups in total. The first-order valence-electron chi connectivity index (χ1n) is 8.33. The number of halogens is 2. The Morgan fingerprint density at radius 1 is 1.07 bits per heavy atom. The number of rotatable bonds is 6. The van der Waals surface area contributed by atoms with Gasteiger partial charge in [-0.3, -0.25) is 4.79 Å². The number of benzene rings is 2. The Labute approximate surface area is 179 Å². The van der Waals surface area contributed by atoms with E-state index in [0.29, 0.717) is 17.1 Å². The fourth-order valence-electron chi connectivity index (χ4n) is 2.31. The number of carbonyl (C=O) groups is 2. The molecule has 0 aliphatic rings. The van der Waals surface area contributed by atoms with E-state index in [1.165, 1.54) is 24.4 Å². The molecule has 0 atom stereocenters. The van der Waals surface area contributed by atoms with Crippen molar-refractivity contribution in [2.24, 2.45) is 0 Å². The number of aromatic nitrogens is 1. The summed E-state index contributed by atoms with van der Waals surface area (Å²) in [6, 6.07) is 17.1. The van der Waals surface area contributed by atoms with Crippen molar-refractivity contribution in [2.75, 3.05) is 0 Å². The van der Waals surface area contributed by atoms with Crippen LogP contribution in [0.1, 0.15) is 15.9 Å². The third kappa shape index (κ3) is 5.66. The first-order chi connectivity index (χ1) is 13.9. The van der Waals surface area contributed by atoms with Crippen molar-refractivity contribution in [3.63, 3.8) is 0 Å². The maximum Gasteiger partial charge on any atom is 0.352 e. The quantitative estimate of drug-likeness (QED) is 0.382. The van der Waals surface area contributed by atoms with Gasteiger partial charge in [-0.2, -0.15) is 0 Å². The highest BCUT2D eigenvalue weighted by atomic mass is 79.9. The van der Waals surface area contributed by atoms with Crippen LogP contribution in [0, 0.1) is 0 Å². The number of hydrogen-bond donors (Lipinski definition) is 2. The minimum Gasteiger partial charge on any atom is -0.477 e. The zero-order chi connectivity index (χ0) is 20.8. The molecule has 146 valence electrons. The SMILES string of the molecule is O=C(O)/C(=C/c1ccc(Oc2ccccc2Br)cc1)NC(=O)c1ccc(Cl)nc1. The molecule has 3 aromatic rings. The number of carbonyl (C=O) groups excluding carboxylic acids is 1. The second-order valence-electron chi connectivity index (χ2n) is 5.79. The Morgan fingerprint density at radius 3 is 2.41 bits per heavy atom. The molecule has 29 heavy (non-hydrogen) atoms. The lowest BCUT2D eigenvalue weighted by molar-refractivity contribution is -0.132. The molecule has 0 aliphatic heterocycles. The fraction of sp³-hybridized carbons (Fsp3) is 0. The van der Waals surface area contributed by atoms with Gasteiger partial charge in [-0.25, -0.2) is 9.78 Å². The van der Waals surface area contributed by atoms with E-state index in [9.17, 15) is 14.7 Å². The minimum atomic E-state index is -1.27. The summed E-state index contributed by atoms with van der Waals surface area (Å²) in [5.74, 6) is -0.626. The highest BCUT2D eigenvalue weighted by Crippen LogP contribution is 2.29. The fourth-order valence-corrected chi connectivity index (χ4v) is 2.79. The van der Waals surface area contributed by atoms with Gasteiger partial charge in [-0.05, 0) is 64.0 Å². The summed E-state index contributed by atoms with van der Waals surface area (Å²) in [6.45, 7) is 0. The van der Waals surface area contributed by atoms with Crippen LogP contribution in [-0.4, -0.2) is 22.0 Å². The Balaban J connectivity index is 1.75. The topological polar surface area (TPSA) is 88.5 Å². The molecule has 0 bridgehead atoms. The van der Waals surface area contributed by atoms with Gasteiger partial charge in [0.25, 0.3) is 5.91 Å². The zero-order valence-electron chi connectivity index (χ0n) is 14.8. The van der Waals surface area contributed by atoms with Crippen molar-refractivity contribution in [1.29, 1.82) is 0 Å². The smallest absolute Gasteiger partial charge is 0.352 e. The molecule has 3 rings (SSSR count). The van der Waals surface area contributed by atoms with Crippen molar-refractivity contribution < 1.29 is 19.4 Å². The van der Waals surface area contributed by atoms with E-state index in [1.54, 1.807) is 24.3 Å². The molecule has 0 unspecified atom stereocenters. The number of nitrogens with one attached hydrogen (secondary N) is 1. The van der Waals surface area contributed by atoms with Gasteiger partial charge < -0.3 is 15.2 Å². The van der Waals surface area contributed by atoms with E-state index in [-0.39, 0.29) is 16.4 Å². The molecule has 0 saturated carbocycles. The average molecular weight is 474 g/mol. The van der Waals surface area contributed by atoms with Crippen molar-refractivity contribution in [2.45, 2.75) is 0 Å². The van der Waals surface area contributed by atoms with Gasteiger partial charge in [0, 0.05) is 6.20 Å². The van der Waals surface area contributed by atoms with Crippen LogP contribution >= 0.6 is 27.5 Å². The number of ether oxygens (including phenoxy) is 1. The van der Waals surface area contributed by atoms with Gasteiger partial charge in [0.05, 0.1) is 10.0 Å². The van der Waals surface area contributed by atoms with Crippen LogP contribution in [0.2, 0.25) is 5.15 Å². The van der Waals surface area contributed by atoms with Gasteiger partial charge >= 0.3 is 5.97 Å². The summed E-state index contributed by atoms with van der Waals surface area (Å²) in [4.78, 5) is 27.6. The zero-order valence-corrected chi connectivity index (χ0v) is 17.1. The van der Waals surface area contributed by atoms with Gasteiger partial charge in [0.1, 0.15) is 22.3 Å². The highest BCUT2D eigenvalue weighted by molar-refractivity contribution is 9.10. The summed E-state index contributed by atoms with van der Waals surface area (Å²) in [5, 5.41) is 12.0. The number of amides is 1. The maximum atomic E-state index is 12.2. The Morgan fingerprint density at radius 2 is 1.79 bits per heavy atom. The summed E-state index contributed by atoms with van der Waals surface area (Å²) in [7, 11) is 0. The van der Waals surface area contributed by atoms with Crippen molar-refractivity contribution >= 4 is 45.5 Å². The lowest BCUT2D eigenvalue weighted by Gasteiger charge is -2.08. The van der Waals surface area contributed by atoms with Gasteiger partial charge in [-0.15, -0.1) is 0 Å². The van der Waals surface area contributed by atoms with Crippen LogP contribution in [-0.2, 0) is 4.79 Å². The van der Waals surface area contributed by atoms with Crippen LogP contribution < -0.4 is 10.1 Å². The predicted octanol–water partition coefficient (Wildman–Crippen LogP) is 5.15. The summed E-state index contributed by atoms with van der Waals surface area (Å²) < 4.78 is 6.59. The molecule has 0 fully saturated rings. The molecule has 6 nitrogen and oxygen atoms in total. The van der Waals surface area contributed by atoms with E-state index in [1.807, 2.05) is 24.3 Å². The van der Waals surface area contributed by atoms with E-state index in [0.717, 1.165) is 4.47 Å². The largest absolute Gasteiger partial charge is 0.477 e. The number of carboxylic acids is 1. The van der Waals surface area contributed by atoms with Gasteiger partial charge in [-0.1, -0.05) is 35.9 Å². The highest BCUT2D eigenvalue weighted by Gasteiger charge is 2.14. The lowest BCUT2D eigenvalue weighted by atomic mass is 10.1. The monoisotopic (exact) mass is 472 g/mol. The van der Waals surface area contributed by atoms with Crippen molar-refractivity contribution in [3.05, 3.63) is 93.3 Å². The molecule has 1 heterocycles. The van der Waals surface area contributed by atoms with Gasteiger partial charge in [0.15, 0.2) is 0 Å². The second kappa shape index (κ2) is 9.36. The Kier molecular flexibility index (Phi) is 6.64. The van der Waals surface area contributed by atoms with Crippen LogP contribution in [0.25, 0.3) is 6.08 Å². The van der Waals surface area contributed by atoms with Crippen molar-refractivity contribution in [3.8, 4) is 11.5 Å². The van der Waals surface area contributed by atoms with E-state index in [4.69, 9.17) is 16.3 Å². The number of aliphatic carboxylic acids is 1. The summed E-state index contributed by atoms with van der Waals surface area (Å²) in [5.41, 5.74) is 0.500. The third-order valence-corrected chi connectivity index (χ3v) is 4.60. The van der Waals surface area contributed by atoms with Gasteiger partial charge in [0.2, 0.25) is 0 Å². The number of para-hydroxylation sites is 1. The van der Waals surface area contributed by atoms with E-state index < -0.39 is 11.9 Å². The maximum absolute atomic E-state index is 12.2. The van der Waals surface area contributed by atoms with Crippen LogP contribution in [0.15, 0.2) is 77.0 Å². The molecule has 1 aromatic heterocycles. The third-order valence-electron chi connectivity index (χ3n) is 3.72. The first-order valence-corrected chi connectivity index (χ1v) is 9.50. The van der Waals surface area contributed by atoms with Crippen LogP contribution in [0.3, 0.4) is 0 Å². The van der Waals surface area contributed by atoms with E-state index >= 15 is 0 Å². The average Bonchev–Trinajstić information content (AvgIpc) is 2.71. The molecule has 0 spiro atoms. The van der Waals surface area contributed by atoms with Crippen LogP contribution in [0.4, 0.5) is 0 Å². The lowest BCUT2D eigenvalue weighted by Crippen LogP contribution is -2.27. The first kappa shape index (κ1) is 20.6. The minimum absolute atomic E-state index is 0.193. The normalized spacial score (nSPS) is 11.0. The van der Waals surface area contributed by atoms with Crippen molar-refractivity contribution in [1.82, 2.24) is 10.3 Å². The molecule has 8 heteroatoms. The predicted molar refractivity (Wildman–Crippen MR) is 113 cm³/mol. The Hall–Kier alpha value is -3.16. The standard InChI is InChI=1S/C21H14BrClN2O4/c22-16-3-1-2-4-18(16)29-15-8-5-13(6-9-15)11-17(21(27)28)25-20(26)14-7-10-19(23)24-12-14/h1-12H,(H,25,26)(H,27,28)/b17-11-. The number of hydrogen-bond acceptors (Lipinski definition) is 4. The molecule has 2 aromatic carbocycles. The summed E-state index contributed by atoms with van der Waals surface area (Å²) in [6.07, 6.45) is 2.62.